The van der Waals surface area contributed by atoms with E-state index in [0.717, 1.165) is 12.8 Å². The minimum atomic E-state index is -0.391. The summed E-state index contributed by atoms with van der Waals surface area (Å²) in [6, 6.07) is 5.90. The third kappa shape index (κ3) is 4.46. The lowest BCUT2D eigenvalue weighted by molar-refractivity contribution is -0.122. The Labute approximate surface area is 152 Å². The minimum Gasteiger partial charge on any atom is -0.381 e. The number of amides is 1. The van der Waals surface area contributed by atoms with Gasteiger partial charge in [-0.15, -0.1) is 0 Å². The molecular weight excluding hydrogens is 337 g/mol. The highest BCUT2D eigenvalue weighted by molar-refractivity contribution is 5.79. The lowest BCUT2D eigenvalue weighted by atomic mass is 9.91. The molecule has 0 saturated carbocycles. The van der Waals surface area contributed by atoms with E-state index in [1.807, 2.05) is 13.8 Å². The summed E-state index contributed by atoms with van der Waals surface area (Å²) >= 11 is 0. The minimum absolute atomic E-state index is 0.0302. The van der Waals surface area contributed by atoms with Crippen molar-refractivity contribution in [3.8, 4) is 0 Å². The first-order chi connectivity index (χ1) is 12.5. The molecule has 1 aromatic carbocycles. The van der Waals surface area contributed by atoms with Crippen molar-refractivity contribution in [1.29, 1.82) is 0 Å². The molecule has 1 aromatic heterocycles. The Balaban J connectivity index is 1.76. The van der Waals surface area contributed by atoms with Crippen molar-refractivity contribution >= 4 is 5.91 Å². The first-order valence-electron chi connectivity index (χ1n) is 8.98. The smallest absolute Gasteiger partial charge is 0.249 e. The molecule has 1 atom stereocenters. The zero-order chi connectivity index (χ0) is 18.5. The lowest BCUT2D eigenvalue weighted by Crippen LogP contribution is -2.37. The quantitative estimate of drug-likeness (QED) is 0.855. The lowest BCUT2D eigenvalue weighted by Gasteiger charge is -2.28. The van der Waals surface area contributed by atoms with Crippen LogP contribution in [0.4, 0.5) is 4.39 Å². The van der Waals surface area contributed by atoms with Gasteiger partial charge in [-0.3, -0.25) is 4.79 Å². The molecule has 3 rings (SSSR count). The number of rotatable bonds is 6. The Kier molecular flexibility index (Phi) is 5.98. The molecule has 2 heterocycles. The van der Waals surface area contributed by atoms with Crippen LogP contribution >= 0.6 is 0 Å². The number of nitrogens with zero attached hydrogens (tertiary/aromatic N) is 2. The van der Waals surface area contributed by atoms with Crippen LogP contribution in [-0.2, 0) is 16.0 Å². The van der Waals surface area contributed by atoms with E-state index in [4.69, 9.17) is 9.26 Å². The van der Waals surface area contributed by atoms with E-state index < -0.39 is 6.04 Å². The van der Waals surface area contributed by atoms with E-state index in [-0.39, 0.29) is 30.0 Å². The molecule has 1 N–H and O–H groups in total. The summed E-state index contributed by atoms with van der Waals surface area (Å²) in [6.45, 7) is 5.23. The summed E-state index contributed by atoms with van der Waals surface area (Å²) < 4.78 is 24.7. The average Bonchev–Trinajstić information content (AvgIpc) is 3.12. The van der Waals surface area contributed by atoms with Crippen LogP contribution in [0.15, 0.2) is 28.8 Å². The predicted octanol–water partition coefficient (Wildman–Crippen LogP) is 3.16. The second-order valence-corrected chi connectivity index (χ2v) is 6.91. The van der Waals surface area contributed by atoms with Gasteiger partial charge in [0.2, 0.25) is 11.8 Å². The average molecular weight is 361 g/mol. The SMILES string of the molecule is CC(C)c1noc([C@H](NC(=O)Cc2ccccc2F)C2CCOCC2)n1. The molecule has 0 aliphatic carbocycles. The van der Waals surface area contributed by atoms with Crippen LogP contribution in [-0.4, -0.2) is 29.3 Å². The Morgan fingerprint density at radius 1 is 1.31 bits per heavy atom. The number of benzene rings is 1. The number of halogens is 1. The van der Waals surface area contributed by atoms with E-state index in [1.165, 1.54) is 6.07 Å². The summed E-state index contributed by atoms with van der Waals surface area (Å²) in [7, 11) is 0. The molecule has 0 spiro atoms. The van der Waals surface area contributed by atoms with Gasteiger partial charge in [-0.2, -0.15) is 4.98 Å². The van der Waals surface area contributed by atoms with E-state index in [0.29, 0.717) is 30.5 Å². The van der Waals surface area contributed by atoms with E-state index in [2.05, 4.69) is 15.5 Å². The molecule has 1 amide bonds. The van der Waals surface area contributed by atoms with Crippen LogP contribution in [0.25, 0.3) is 0 Å². The molecular formula is C19H24FN3O3. The Hall–Kier alpha value is -2.28. The highest BCUT2D eigenvalue weighted by Gasteiger charge is 2.31. The summed E-state index contributed by atoms with van der Waals surface area (Å²) in [5.41, 5.74) is 0.365. The van der Waals surface area contributed by atoms with Crippen molar-refractivity contribution in [1.82, 2.24) is 15.5 Å². The number of nitrogens with one attached hydrogen (secondary N) is 1. The maximum Gasteiger partial charge on any atom is 0.249 e. The van der Waals surface area contributed by atoms with Gasteiger partial charge in [0.15, 0.2) is 5.82 Å². The van der Waals surface area contributed by atoms with E-state index >= 15 is 0 Å². The first-order valence-corrected chi connectivity index (χ1v) is 8.98. The highest BCUT2D eigenvalue weighted by Crippen LogP contribution is 2.30. The highest BCUT2D eigenvalue weighted by atomic mass is 19.1. The van der Waals surface area contributed by atoms with E-state index in [9.17, 15) is 9.18 Å². The van der Waals surface area contributed by atoms with E-state index in [1.54, 1.807) is 18.2 Å². The fourth-order valence-corrected chi connectivity index (χ4v) is 3.08. The second kappa shape index (κ2) is 8.40. The molecule has 2 aromatic rings. The standard InChI is InChI=1S/C19H24FN3O3/c1-12(2)18-22-19(26-23-18)17(13-7-9-25-10-8-13)21-16(24)11-14-5-3-4-6-15(14)20/h3-6,12-13,17H,7-11H2,1-2H3,(H,21,24)/t17-/m1/s1. The Bertz CT molecular complexity index is 741. The number of hydrogen-bond acceptors (Lipinski definition) is 5. The molecule has 6 nitrogen and oxygen atoms in total. The maximum atomic E-state index is 13.8. The molecule has 7 heteroatoms. The van der Waals surface area contributed by atoms with Gasteiger partial charge < -0.3 is 14.6 Å². The Morgan fingerprint density at radius 3 is 2.69 bits per heavy atom. The first kappa shape index (κ1) is 18.5. The van der Waals surface area contributed by atoms with Crippen molar-refractivity contribution in [2.24, 2.45) is 5.92 Å². The fraction of sp³-hybridized carbons (Fsp3) is 0.526. The van der Waals surface area contributed by atoms with Crippen LogP contribution in [0, 0.1) is 11.7 Å². The van der Waals surface area contributed by atoms with Gasteiger partial charge in [-0.25, -0.2) is 4.39 Å². The van der Waals surface area contributed by atoms with Crippen molar-refractivity contribution in [2.75, 3.05) is 13.2 Å². The molecule has 0 radical (unpaired) electrons. The molecule has 26 heavy (non-hydrogen) atoms. The summed E-state index contributed by atoms with van der Waals surface area (Å²) in [6.07, 6.45) is 1.56. The second-order valence-electron chi connectivity index (χ2n) is 6.91. The Morgan fingerprint density at radius 2 is 2.04 bits per heavy atom. The van der Waals surface area contributed by atoms with Gasteiger partial charge in [0.25, 0.3) is 0 Å². The summed E-state index contributed by atoms with van der Waals surface area (Å²) in [5.74, 6) is 0.648. The van der Waals surface area contributed by atoms with Crippen LogP contribution in [0.3, 0.4) is 0 Å². The van der Waals surface area contributed by atoms with Gasteiger partial charge in [0.05, 0.1) is 6.42 Å². The van der Waals surface area contributed by atoms with Gasteiger partial charge in [0.1, 0.15) is 11.9 Å². The van der Waals surface area contributed by atoms with Crippen LogP contribution in [0.5, 0.6) is 0 Å². The number of carbonyl (C=O) groups is 1. The van der Waals surface area contributed by atoms with Crippen molar-refractivity contribution < 1.29 is 18.4 Å². The fourth-order valence-electron chi connectivity index (χ4n) is 3.08. The topological polar surface area (TPSA) is 77.2 Å². The number of ether oxygens (including phenoxy) is 1. The zero-order valence-corrected chi connectivity index (χ0v) is 15.1. The van der Waals surface area contributed by atoms with Gasteiger partial charge >= 0.3 is 0 Å². The van der Waals surface area contributed by atoms with Crippen molar-refractivity contribution in [3.05, 3.63) is 47.4 Å². The third-order valence-corrected chi connectivity index (χ3v) is 4.60. The molecule has 0 bridgehead atoms. The summed E-state index contributed by atoms with van der Waals surface area (Å²) in [5, 5.41) is 6.98. The van der Waals surface area contributed by atoms with Gasteiger partial charge in [-0.05, 0) is 30.4 Å². The molecule has 1 fully saturated rings. The normalized spacial score (nSPS) is 16.6. The van der Waals surface area contributed by atoms with Crippen LogP contribution in [0.1, 0.15) is 55.9 Å². The molecule has 140 valence electrons. The molecule has 1 saturated heterocycles. The molecule has 1 aliphatic heterocycles. The summed E-state index contributed by atoms with van der Waals surface area (Å²) in [4.78, 5) is 17.0. The largest absolute Gasteiger partial charge is 0.381 e. The monoisotopic (exact) mass is 361 g/mol. The van der Waals surface area contributed by atoms with Gasteiger partial charge in [-0.1, -0.05) is 37.2 Å². The predicted molar refractivity (Wildman–Crippen MR) is 92.9 cm³/mol. The zero-order valence-electron chi connectivity index (χ0n) is 15.1. The number of aromatic nitrogens is 2. The van der Waals surface area contributed by atoms with Crippen molar-refractivity contribution in [2.45, 2.75) is 45.1 Å². The maximum absolute atomic E-state index is 13.8. The number of hydrogen-bond donors (Lipinski definition) is 1. The number of carbonyl (C=O) groups excluding carboxylic acids is 1. The van der Waals surface area contributed by atoms with Gasteiger partial charge in [0, 0.05) is 19.1 Å². The van der Waals surface area contributed by atoms with Crippen molar-refractivity contribution in [3.63, 3.8) is 0 Å². The molecule has 0 unspecified atom stereocenters. The third-order valence-electron chi connectivity index (χ3n) is 4.60. The van der Waals surface area contributed by atoms with Crippen LogP contribution < -0.4 is 5.32 Å². The van der Waals surface area contributed by atoms with Crippen LogP contribution in [0.2, 0.25) is 0 Å². The molecule has 1 aliphatic rings.